The summed E-state index contributed by atoms with van der Waals surface area (Å²) < 4.78 is 0. The third-order valence-corrected chi connectivity index (χ3v) is 3.26. The molecule has 0 spiro atoms. The minimum absolute atomic E-state index is 0.0285. The summed E-state index contributed by atoms with van der Waals surface area (Å²) in [7, 11) is 0. The van der Waals surface area contributed by atoms with Crippen molar-refractivity contribution in [2.24, 2.45) is 0 Å². The second-order valence-corrected chi connectivity index (χ2v) is 4.74. The Balaban J connectivity index is 2.08. The topological polar surface area (TPSA) is 62.3 Å². The van der Waals surface area contributed by atoms with Crippen molar-refractivity contribution in [2.75, 3.05) is 6.54 Å². The number of nitrogens with zero attached hydrogens (tertiary/aromatic N) is 2. The van der Waals surface area contributed by atoms with Gasteiger partial charge in [0.05, 0.1) is 12.1 Å². The molecule has 0 aliphatic carbocycles. The number of thiazole rings is 1. The Morgan fingerprint density at radius 3 is 3.12 bits per heavy atom. The highest BCUT2D eigenvalue weighted by Crippen LogP contribution is 2.12. The first-order valence-corrected chi connectivity index (χ1v) is 6.00. The fourth-order valence-corrected chi connectivity index (χ4v) is 2.27. The second kappa shape index (κ2) is 4.61. The van der Waals surface area contributed by atoms with Crippen molar-refractivity contribution in [3.05, 3.63) is 16.6 Å². The summed E-state index contributed by atoms with van der Waals surface area (Å²) in [6.45, 7) is 2.74. The van der Waals surface area contributed by atoms with E-state index in [2.05, 4.69) is 10.3 Å². The third-order valence-electron chi connectivity index (χ3n) is 2.50. The smallest absolute Gasteiger partial charge is 0.245 e. The largest absolute Gasteiger partial charge is 0.345 e. The van der Waals surface area contributed by atoms with Gasteiger partial charge in [-0.1, -0.05) is 0 Å². The summed E-state index contributed by atoms with van der Waals surface area (Å²) in [5, 5.41) is 2.66. The van der Waals surface area contributed by atoms with Crippen LogP contribution in [-0.4, -0.2) is 34.3 Å². The van der Waals surface area contributed by atoms with Crippen LogP contribution in [0.3, 0.4) is 0 Å². The number of hydrogen-bond acceptors (Lipinski definition) is 4. The van der Waals surface area contributed by atoms with Crippen molar-refractivity contribution in [3.63, 3.8) is 0 Å². The lowest BCUT2D eigenvalue weighted by atomic mass is 10.3. The Morgan fingerprint density at radius 2 is 2.44 bits per heavy atom. The van der Waals surface area contributed by atoms with Crippen molar-refractivity contribution >= 4 is 23.2 Å². The number of carbonyl (C=O) groups excluding carboxylic acids is 2. The average molecular weight is 239 g/mol. The minimum Gasteiger partial charge on any atom is -0.345 e. The van der Waals surface area contributed by atoms with E-state index in [1.165, 1.54) is 11.3 Å². The van der Waals surface area contributed by atoms with Crippen molar-refractivity contribution in [2.45, 2.75) is 25.9 Å². The summed E-state index contributed by atoms with van der Waals surface area (Å²) in [6.07, 6.45) is 2.12. The van der Waals surface area contributed by atoms with Gasteiger partial charge in [0.25, 0.3) is 0 Å². The maximum absolute atomic E-state index is 11.9. The van der Waals surface area contributed by atoms with Gasteiger partial charge < -0.3 is 10.2 Å². The number of carbonyl (C=O) groups is 2. The average Bonchev–Trinajstić information content (AvgIpc) is 2.71. The van der Waals surface area contributed by atoms with E-state index in [1.807, 2.05) is 0 Å². The first kappa shape index (κ1) is 11.1. The maximum Gasteiger partial charge on any atom is 0.245 e. The molecule has 1 atom stereocenters. The molecular formula is C10H13N3O2S. The van der Waals surface area contributed by atoms with E-state index in [1.54, 1.807) is 23.5 Å². The number of nitrogens with one attached hydrogen (secondary N) is 1. The van der Waals surface area contributed by atoms with Gasteiger partial charge in [-0.3, -0.25) is 14.6 Å². The van der Waals surface area contributed by atoms with Crippen LogP contribution in [0.4, 0.5) is 0 Å². The summed E-state index contributed by atoms with van der Waals surface area (Å²) >= 11 is 1.52. The summed E-state index contributed by atoms with van der Waals surface area (Å²) in [4.78, 5) is 29.9. The first-order valence-electron chi connectivity index (χ1n) is 5.12. The van der Waals surface area contributed by atoms with Crippen molar-refractivity contribution in [1.82, 2.24) is 15.2 Å². The summed E-state index contributed by atoms with van der Waals surface area (Å²) in [5.41, 5.74) is 1.74. The zero-order valence-electron chi connectivity index (χ0n) is 8.97. The highest BCUT2D eigenvalue weighted by Gasteiger charge is 2.26. The van der Waals surface area contributed by atoms with Gasteiger partial charge in [-0.05, 0) is 6.92 Å². The molecular weight excluding hydrogens is 226 g/mol. The molecule has 1 unspecified atom stereocenters. The molecule has 1 aliphatic rings. The Labute approximate surface area is 97.5 Å². The lowest BCUT2D eigenvalue weighted by Crippen LogP contribution is -2.42. The Hall–Kier alpha value is -1.43. The van der Waals surface area contributed by atoms with E-state index < -0.39 is 6.04 Å². The van der Waals surface area contributed by atoms with Crippen LogP contribution in [0.25, 0.3) is 0 Å². The van der Waals surface area contributed by atoms with Crippen LogP contribution >= 0.6 is 11.3 Å². The molecule has 0 radical (unpaired) electrons. The maximum atomic E-state index is 11.9. The summed E-state index contributed by atoms with van der Waals surface area (Å²) in [6, 6.07) is -0.428. The lowest BCUT2D eigenvalue weighted by Gasteiger charge is -2.21. The highest BCUT2D eigenvalue weighted by molar-refractivity contribution is 7.09. The number of aromatic nitrogens is 1. The molecule has 1 N–H and O–H groups in total. The zero-order chi connectivity index (χ0) is 11.5. The van der Waals surface area contributed by atoms with Gasteiger partial charge in [0.2, 0.25) is 11.8 Å². The van der Waals surface area contributed by atoms with Crippen LogP contribution in [0.2, 0.25) is 0 Å². The fraction of sp³-hybridized carbons (Fsp3) is 0.500. The molecule has 1 aromatic heterocycles. The van der Waals surface area contributed by atoms with Gasteiger partial charge in [-0.2, -0.15) is 0 Å². The molecule has 0 aromatic carbocycles. The van der Waals surface area contributed by atoms with Gasteiger partial charge in [0.15, 0.2) is 0 Å². The predicted molar refractivity (Wildman–Crippen MR) is 59.8 cm³/mol. The molecule has 2 amide bonds. The van der Waals surface area contributed by atoms with E-state index in [0.717, 1.165) is 4.88 Å². The number of amides is 2. The normalized spacial score (nSPS) is 21.8. The SMILES string of the molecule is CC1NC(=O)CCN(Cc2cncs2)C1=O. The highest BCUT2D eigenvalue weighted by atomic mass is 32.1. The Kier molecular flexibility index (Phi) is 3.19. The first-order chi connectivity index (χ1) is 7.66. The molecule has 1 saturated heterocycles. The van der Waals surface area contributed by atoms with Crippen molar-refractivity contribution in [3.8, 4) is 0 Å². The number of hydrogen-bond donors (Lipinski definition) is 1. The zero-order valence-corrected chi connectivity index (χ0v) is 9.79. The molecule has 2 rings (SSSR count). The van der Waals surface area contributed by atoms with E-state index in [9.17, 15) is 9.59 Å². The molecule has 0 bridgehead atoms. The van der Waals surface area contributed by atoms with Crippen LogP contribution in [-0.2, 0) is 16.1 Å². The molecule has 1 aliphatic heterocycles. The number of rotatable bonds is 2. The molecule has 86 valence electrons. The van der Waals surface area contributed by atoms with Crippen LogP contribution in [0.5, 0.6) is 0 Å². The van der Waals surface area contributed by atoms with Gasteiger partial charge in [0, 0.05) is 24.0 Å². The molecule has 6 heteroatoms. The van der Waals surface area contributed by atoms with Gasteiger partial charge in [-0.15, -0.1) is 11.3 Å². The van der Waals surface area contributed by atoms with E-state index >= 15 is 0 Å². The van der Waals surface area contributed by atoms with Crippen LogP contribution < -0.4 is 5.32 Å². The predicted octanol–water partition coefficient (Wildman–Crippen LogP) is 0.380. The van der Waals surface area contributed by atoms with E-state index in [-0.39, 0.29) is 11.8 Å². The Bertz CT molecular complexity index is 391. The quantitative estimate of drug-likeness (QED) is 0.811. The van der Waals surface area contributed by atoms with Crippen molar-refractivity contribution in [1.29, 1.82) is 0 Å². The molecule has 16 heavy (non-hydrogen) atoms. The second-order valence-electron chi connectivity index (χ2n) is 3.77. The van der Waals surface area contributed by atoms with Crippen LogP contribution in [0.15, 0.2) is 11.7 Å². The molecule has 2 heterocycles. The Morgan fingerprint density at radius 1 is 1.62 bits per heavy atom. The van der Waals surface area contributed by atoms with E-state index in [0.29, 0.717) is 19.5 Å². The standard InChI is InChI=1S/C10H13N3O2S/c1-7-10(15)13(3-2-9(14)12-7)5-8-4-11-6-16-8/h4,6-7H,2-3,5H2,1H3,(H,12,14). The molecule has 0 saturated carbocycles. The minimum atomic E-state index is -0.428. The van der Waals surface area contributed by atoms with E-state index in [4.69, 9.17) is 0 Å². The summed E-state index contributed by atoms with van der Waals surface area (Å²) in [5.74, 6) is -0.0908. The molecule has 1 fully saturated rings. The van der Waals surface area contributed by atoms with Gasteiger partial charge >= 0.3 is 0 Å². The van der Waals surface area contributed by atoms with Crippen molar-refractivity contribution < 1.29 is 9.59 Å². The molecule has 1 aromatic rings. The fourth-order valence-electron chi connectivity index (χ4n) is 1.66. The molecule has 5 nitrogen and oxygen atoms in total. The van der Waals surface area contributed by atoms with Gasteiger partial charge in [0.1, 0.15) is 6.04 Å². The van der Waals surface area contributed by atoms with Gasteiger partial charge in [-0.25, -0.2) is 0 Å². The van der Waals surface area contributed by atoms with Crippen LogP contribution in [0, 0.1) is 0 Å². The third kappa shape index (κ3) is 2.38. The monoisotopic (exact) mass is 239 g/mol. The van der Waals surface area contributed by atoms with Crippen LogP contribution in [0.1, 0.15) is 18.2 Å². The lowest BCUT2D eigenvalue weighted by molar-refractivity contribution is -0.133.